The van der Waals surface area contributed by atoms with Gasteiger partial charge in [-0.3, -0.25) is 0 Å². The molecule has 3 nitrogen and oxygen atoms in total. The molecule has 0 spiro atoms. The first kappa shape index (κ1) is 12.4. The van der Waals surface area contributed by atoms with Gasteiger partial charge in [-0.05, 0) is 32.8 Å². The Morgan fingerprint density at radius 1 is 1.41 bits per heavy atom. The molecule has 1 fully saturated rings. The van der Waals surface area contributed by atoms with Crippen molar-refractivity contribution in [1.29, 1.82) is 0 Å². The molecule has 2 rings (SSSR count). The van der Waals surface area contributed by atoms with E-state index in [1.807, 2.05) is 38.1 Å². The Morgan fingerprint density at radius 3 is 2.76 bits per heavy atom. The Balaban J connectivity index is 2.11. The fraction of sp³-hybridized carbons (Fsp3) is 0.571. The molecule has 0 aromatic heterocycles. The lowest BCUT2D eigenvalue weighted by molar-refractivity contribution is 0.0534. The van der Waals surface area contributed by atoms with Gasteiger partial charge < -0.3 is 15.2 Å². The topological polar surface area (TPSA) is 41.5 Å². The van der Waals surface area contributed by atoms with Crippen LogP contribution >= 0.6 is 0 Å². The predicted molar refractivity (Wildman–Crippen MR) is 68.2 cm³/mol. The van der Waals surface area contributed by atoms with Crippen molar-refractivity contribution >= 4 is 0 Å². The highest BCUT2D eigenvalue weighted by Gasteiger charge is 2.30. The molecule has 2 N–H and O–H groups in total. The van der Waals surface area contributed by atoms with E-state index >= 15 is 0 Å². The highest BCUT2D eigenvalue weighted by Crippen LogP contribution is 2.30. The van der Waals surface area contributed by atoms with Crippen LogP contribution in [-0.2, 0) is 5.60 Å². The third kappa shape index (κ3) is 3.20. The van der Waals surface area contributed by atoms with Crippen molar-refractivity contribution in [3.05, 3.63) is 29.8 Å². The fourth-order valence-electron chi connectivity index (χ4n) is 1.92. The van der Waals surface area contributed by atoms with Gasteiger partial charge in [-0.2, -0.15) is 0 Å². The summed E-state index contributed by atoms with van der Waals surface area (Å²) in [7, 11) is 0. The van der Waals surface area contributed by atoms with E-state index < -0.39 is 5.60 Å². The monoisotopic (exact) mass is 235 g/mol. The summed E-state index contributed by atoms with van der Waals surface area (Å²) < 4.78 is 5.56. The molecular formula is C14H21NO2. The van der Waals surface area contributed by atoms with Gasteiger partial charge in [0.2, 0.25) is 0 Å². The van der Waals surface area contributed by atoms with E-state index in [9.17, 15) is 5.11 Å². The molecule has 17 heavy (non-hydrogen) atoms. The summed E-state index contributed by atoms with van der Waals surface area (Å²) in [6.07, 6.45) is 2.45. The van der Waals surface area contributed by atoms with Crippen molar-refractivity contribution in [2.75, 3.05) is 13.2 Å². The van der Waals surface area contributed by atoms with Crippen LogP contribution in [0.25, 0.3) is 0 Å². The molecule has 0 radical (unpaired) electrons. The molecule has 3 heteroatoms. The second kappa shape index (κ2) is 5.07. The third-order valence-corrected chi connectivity index (χ3v) is 3.08. The summed E-state index contributed by atoms with van der Waals surface area (Å²) in [6.45, 7) is 4.97. The molecule has 0 bridgehead atoms. The van der Waals surface area contributed by atoms with Gasteiger partial charge in [0.15, 0.2) is 0 Å². The van der Waals surface area contributed by atoms with Crippen LogP contribution < -0.4 is 10.1 Å². The zero-order valence-corrected chi connectivity index (χ0v) is 10.6. The minimum absolute atomic E-state index is 0.571. The molecule has 1 aromatic rings. The lowest BCUT2D eigenvalue weighted by atomic mass is 9.95. The lowest BCUT2D eigenvalue weighted by Crippen LogP contribution is -2.36. The van der Waals surface area contributed by atoms with Crippen LogP contribution in [0.2, 0.25) is 0 Å². The van der Waals surface area contributed by atoms with Crippen molar-refractivity contribution in [3.8, 4) is 5.75 Å². The normalized spacial score (nSPS) is 18.8. The maximum absolute atomic E-state index is 10.5. The van der Waals surface area contributed by atoms with Crippen molar-refractivity contribution < 1.29 is 9.84 Å². The quantitative estimate of drug-likeness (QED) is 0.793. The van der Waals surface area contributed by atoms with Gasteiger partial charge in [0, 0.05) is 18.2 Å². The van der Waals surface area contributed by atoms with Gasteiger partial charge >= 0.3 is 0 Å². The van der Waals surface area contributed by atoms with Crippen LogP contribution in [0.5, 0.6) is 5.75 Å². The number of ether oxygens (including phenoxy) is 1. The van der Waals surface area contributed by atoms with Crippen LogP contribution in [0.3, 0.4) is 0 Å². The molecule has 1 aliphatic carbocycles. The summed E-state index contributed by atoms with van der Waals surface area (Å²) in [5.74, 6) is 0.776. The van der Waals surface area contributed by atoms with E-state index in [4.69, 9.17) is 4.74 Å². The first-order chi connectivity index (χ1) is 8.13. The van der Waals surface area contributed by atoms with Crippen LogP contribution in [0.1, 0.15) is 32.3 Å². The minimum Gasteiger partial charge on any atom is -0.493 e. The lowest BCUT2D eigenvalue weighted by Gasteiger charge is -2.26. The zero-order chi connectivity index (χ0) is 12.3. The standard InChI is InChI=1S/C14H21NO2/c1-3-17-13-7-5-4-6-12(13)14(2,16)10-15-11-8-9-11/h4-7,11,15-16H,3,8-10H2,1-2H3. The Kier molecular flexibility index (Phi) is 3.69. The summed E-state index contributed by atoms with van der Waals surface area (Å²) in [6, 6.07) is 8.30. The molecule has 94 valence electrons. The van der Waals surface area contributed by atoms with Gasteiger partial charge in [-0.15, -0.1) is 0 Å². The van der Waals surface area contributed by atoms with Gasteiger partial charge in [0.1, 0.15) is 11.4 Å². The molecule has 1 aromatic carbocycles. The van der Waals surface area contributed by atoms with Crippen molar-refractivity contribution in [2.45, 2.75) is 38.3 Å². The Morgan fingerprint density at radius 2 is 2.12 bits per heavy atom. The van der Waals surface area contributed by atoms with Gasteiger partial charge in [-0.25, -0.2) is 0 Å². The highest BCUT2D eigenvalue weighted by molar-refractivity contribution is 5.37. The molecule has 0 heterocycles. The molecule has 0 aliphatic heterocycles. The average molecular weight is 235 g/mol. The van der Waals surface area contributed by atoms with Crippen LogP contribution in [0.4, 0.5) is 0 Å². The number of hydrogen-bond acceptors (Lipinski definition) is 3. The predicted octanol–water partition coefficient (Wildman–Crippen LogP) is 2.04. The fourth-order valence-corrected chi connectivity index (χ4v) is 1.92. The highest BCUT2D eigenvalue weighted by atomic mass is 16.5. The second-order valence-electron chi connectivity index (χ2n) is 4.86. The number of benzene rings is 1. The van der Waals surface area contributed by atoms with Crippen molar-refractivity contribution in [1.82, 2.24) is 5.32 Å². The molecule has 0 saturated heterocycles. The van der Waals surface area contributed by atoms with E-state index in [1.165, 1.54) is 12.8 Å². The summed E-state index contributed by atoms with van der Waals surface area (Å²) >= 11 is 0. The Bertz CT molecular complexity index is 372. The molecule has 1 atom stereocenters. The molecular weight excluding hydrogens is 214 g/mol. The number of para-hydroxylation sites is 1. The van der Waals surface area contributed by atoms with E-state index in [1.54, 1.807) is 0 Å². The van der Waals surface area contributed by atoms with E-state index in [2.05, 4.69) is 5.32 Å². The van der Waals surface area contributed by atoms with E-state index in [0.29, 0.717) is 19.2 Å². The maximum atomic E-state index is 10.5. The third-order valence-electron chi connectivity index (χ3n) is 3.08. The SMILES string of the molecule is CCOc1ccccc1C(C)(O)CNC1CC1. The summed E-state index contributed by atoms with van der Waals surface area (Å²) in [5.41, 5.74) is -0.0241. The first-order valence-electron chi connectivity index (χ1n) is 6.31. The Hall–Kier alpha value is -1.06. The van der Waals surface area contributed by atoms with Crippen LogP contribution in [-0.4, -0.2) is 24.3 Å². The second-order valence-corrected chi connectivity index (χ2v) is 4.86. The van der Waals surface area contributed by atoms with Gasteiger partial charge in [0.05, 0.1) is 6.61 Å². The minimum atomic E-state index is -0.881. The largest absolute Gasteiger partial charge is 0.493 e. The molecule has 1 unspecified atom stereocenters. The summed E-state index contributed by atoms with van der Waals surface area (Å²) in [5, 5.41) is 13.9. The first-order valence-corrected chi connectivity index (χ1v) is 6.31. The molecule has 0 amide bonds. The van der Waals surface area contributed by atoms with Crippen LogP contribution in [0, 0.1) is 0 Å². The zero-order valence-electron chi connectivity index (χ0n) is 10.6. The summed E-state index contributed by atoms with van der Waals surface area (Å²) in [4.78, 5) is 0. The van der Waals surface area contributed by atoms with E-state index in [-0.39, 0.29) is 0 Å². The number of nitrogens with one attached hydrogen (secondary N) is 1. The van der Waals surface area contributed by atoms with Crippen molar-refractivity contribution in [3.63, 3.8) is 0 Å². The number of rotatable bonds is 6. The average Bonchev–Trinajstić information content (AvgIpc) is 3.11. The van der Waals surface area contributed by atoms with E-state index in [0.717, 1.165) is 11.3 Å². The van der Waals surface area contributed by atoms with Gasteiger partial charge in [-0.1, -0.05) is 18.2 Å². The maximum Gasteiger partial charge on any atom is 0.125 e. The van der Waals surface area contributed by atoms with Crippen molar-refractivity contribution in [2.24, 2.45) is 0 Å². The number of hydrogen-bond donors (Lipinski definition) is 2. The Labute approximate surface area is 103 Å². The van der Waals surface area contributed by atoms with Gasteiger partial charge in [0.25, 0.3) is 0 Å². The smallest absolute Gasteiger partial charge is 0.125 e. The van der Waals surface area contributed by atoms with Crippen LogP contribution in [0.15, 0.2) is 24.3 Å². The molecule has 1 saturated carbocycles. The number of aliphatic hydroxyl groups is 1. The molecule has 1 aliphatic rings.